The quantitative estimate of drug-likeness (QED) is 0.350. The van der Waals surface area contributed by atoms with Crippen LogP contribution in [0.5, 0.6) is 0 Å². The second-order valence-corrected chi connectivity index (χ2v) is 12.5. The molecule has 0 radical (unpaired) electrons. The van der Waals surface area contributed by atoms with E-state index in [4.69, 9.17) is 16.3 Å². The van der Waals surface area contributed by atoms with E-state index in [9.17, 15) is 14.4 Å². The van der Waals surface area contributed by atoms with Gasteiger partial charge in [-0.3, -0.25) is 14.4 Å². The van der Waals surface area contributed by atoms with Crippen LogP contribution in [0.15, 0.2) is 23.6 Å². The van der Waals surface area contributed by atoms with Gasteiger partial charge in [0, 0.05) is 61.6 Å². The molecule has 3 saturated heterocycles. The molecule has 210 valence electrons. The average molecular weight is 577 g/mol. The van der Waals surface area contributed by atoms with Crippen molar-refractivity contribution in [3.8, 4) is 11.3 Å². The SMILES string of the molecule is CC(C)C[C@H](CC(=O)c1ccc(-c2csc(N3CCN(C)CC3)n2)c(F)c1)C(=O)N1C[C@@H](Cl)[C@H]2OCC(=O)[C@H]21. The number of aromatic nitrogens is 1. The number of amides is 1. The lowest BCUT2D eigenvalue weighted by Gasteiger charge is -2.32. The topological polar surface area (TPSA) is 83.1 Å². The number of ether oxygens (including phenoxy) is 1. The summed E-state index contributed by atoms with van der Waals surface area (Å²) in [4.78, 5) is 49.8. The summed E-state index contributed by atoms with van der Waals surface area (Å²) < 4.78 is 20.7. The predicted molar refractivity (Wildman–Crippen MR) is 149 cm³/mol. The summed E-state index contributed by atoms with van der Waals surface area (Å²) >= 11 is 7.86. The molecule has 39 heavy (non-hydrogen) atoms. The number of Topliss-reactive ketones (excluding diaryl/α,β-unsaturated/α-hetero) is 2. The summed E-state index contributed by atoms with van der Waals surface area (Å²) in [6.07, 6.45) is -0.118. The van der Waals surface area contributed by atoms with Gasteiger partial charge in [0.2, 0.25) is 5.91 Å². The summed E-state index contributed by atoms with van der Waals surface area (Å²) in [5.74, 6) is -1.77. The number of benzene rings is 1. The molecular formula is C28H34ClFN4O4S. The third-order valence-corrected chi connectivity index (χ3v) is 9.06. The second-order valence-electron chi connectivity index (χ2n) is 11.1. The first-order valence-corrected chi connectivity index (χ1v) is 14.7. The molecule has 11 heteroatoms. The highest BCUT2D eigenvalue weighted by Gasteiger charge is 2.52. The molecule has 0 saturated carbocycles. The number of carbonyl (C=O) groups is 3. The van der Waals surface area contributed by atoms with Crippen molar-refractivity contribution in [2.75, 3.05) is 51.3 Å². The Morgan fingerprint density at radius 1 is 1.23 bits per heavy atom. The fourth-order valence-electron chi connectivity index (χ4n) is 5.67. The van der Waals surface area contributed by atoms with Crippen LogP contribution in [0.4, 0.5) is 9.52 Å². The molecular weight excluding hydrogens is 543 g/mol. The van der Waals surface area contributed by atoms with Crippen molar-refractivity contribution in [1.29, 1.82) is 0 Å². The second kappa shape index (κ2) is 11.6. The van der Waals surface area contributed by atoms with Crippen molar-refractivity contribution in [2.24, 2.45) is 11.8 Å². The normalized spacial score (nSPS) is 24.5. The molecule has 0 spiro atoms. The number of likely N-dealkylation sites (tertiary alicyclic amines) is 1. The first kappa shape index (κ1) is 28.1. The molecule has 1 aromatic carbocycles. The number of rotatable bonds is 8. The van der Waals surface area contributed by atoms with Crippen LogP contribution >= 0.6 is 22.9 Å². The Morgan fingerprint density at radius 3 is 2.67 bits per heavy atom. The van der Waals surface area contributed by atoms with Crippen LogP contribution in [-0.2, 0) is 14.3 Å². The molecule has 0 N–H and O–H groups in total. The lowest BCUT2D eigenvalue weighted by atomic mass is 9.89. The predicted octanol–water partition coefficient (Wildman–Crippen LogP) is 3.72. The number of carbonyl (C=O) groups excluding carboxylic acids is 3. The summed E-state index contributed by atoms with van der Waals surface area (Å²) in [6.45, 7) is 7.76. The standard InChI is InChI=1S/C28H34ClFN4O4S/c1-16(2)10-18(27(37)34-13-20(29)26-25(34)24(36)14-38-26)12-23(35)17-4-5-19(21(30)11-17)22-15-39-28(31-22)33-8-6-32(3)7-9-33/h4-5,11,15-16,18,20,25-26H,6-10,12-14H2,1-3H3/t18-,20-,25-,26-/m1/s1. The number of halogens is 2. The third-order valence-electron chi connectivity index (χ3n) is 7.78. The Morgan fingerprint density at radius 2 is 1.97 bits per heavy atom. The van der Waals surface area contributed by atoms with Crippen molar-refractivity contribution in [2.45, 2.75) is 44.2 Å². The van der Waals surface area contributed by atoms with Gasteiger partial charge in [0.25, 0.3) is 0 Å². The third kappa shape index (κ3) is 5.89. The molecule has 4 atom stereocenters. The van der Waals surface area contributed by atoms with Gasteiger partial charge >= 0.3 is 0 Å². The number of piperazine rings is 1. The highest BCUT2D eigenvalue weighted by molar-refractivity contribution is 7.14. The largest absolute Gasteiger partial charge is 0.366 e. The van der Waals surface area contributed by atoms with E-state index < -0.39 is 29.3 Å². The highest BCUT2D eigenvalue weighted by atomic mass is 35.5. The molecule has 0 aliphatic carbocycles. The maximum absolute atomic E-state index is 15.2. The summed E-state index contributed by atoms with van der Waals surface area (Å²) in [5.41, 5.74) is 1.09. The fraction of sp³-hybridized carbons (Fsp3) is 0.571. The van der Waals surface area contributed by atoms with Crippen LogP contribution in [0, 0.1) is 17.7 Å². The minimum Gasteiger partial charge on any atom is -0.366 e. The van der Waals surface area contributed by atoms with Crippen molar-refractivity contribution in [1.82, 2.24) is 14.8 Å². The van der Waals surface area contributed by atoms with Crippen LogP contribution < -0.4 is 4.90 Å². The first-order valence-electron chi connectivity index (χ1n) is 13.4. The number of likely N-dealkylation sites (N-methyl/N-ethyl adjacent to an activating group) is 1. The van der Waals surface area contributed by atoms with Crippen molar-refractivity contribution >= 4 is 45.5 Å². The number of nitrogens with zero attached hydrogens (tertiary/aromatic N) is 4. The summed E-state index contributed by atoms with van der Waals surface area (Å²) in [7, 11) is 2.09. The van der Waals surface area contributed by atoms with E-state index in [1.54, 1.807) is 12.1 Å². The maximum Gasteiger partial charge on any atom is 0.226 e. The number of hydrogen-bond donors (Lipinski definition) is 0. The molecule has 1 aromatic heterocycles. The summed E-state index contributed by atoms with van der Waals surface area (Å²) in [6, 6.07) is 3.72. The van der Waals surface area contributed by atoms with E-state index in [0.29, 0.717) is 17.7 Å². The zero-order valence-corrected chi connectivity index (χ0v) is 24.0. The van der Waals surface area contributed by atoms with Gasteiger partial charge in [-0.2, -0.15) is 0 Å². The van der Waals surface area contributed by atoms with E-state index >= 15 is 4.39 Å². The monoisotopic (exact) mass is 576 g/mol. The van der Waals surface area contributed by atoms with Gasteiger partial charge in [-0.25, -0.2) is 9.37 Å². The van der Waals surface area contributed by atoms with Crippen LogP contribution in [0.1, 0.15) is 37.0 Å². The molecule has 0 bridgehead atoms. The van der Waals surface area contributed by atoms with Gasteiger partial charge in [0.05, 0.1) is 11.1 Å². The van der Waals surface area contributed by atoms with E-state index in [-0.39, 0.29) is 48.5 Å². The van der Waals surface area contributed by atoms with E-state index in [0.717, 1.165) is 31.3 Å². The molecule has 5 rings (SSSR count). The highest BCUT2D eigenvalue weighted by Crippen LogP contribution is 2.34. The molecule has 2 aromatic rings. The lowest BCUT2D eigenvalue weighted by molar-refractivity contribution is -0.140. The van der Waals surface area contributed by atoms with Crippen molar-refractivity contribution < 1.29 is 23.5 Å². The van der Waals surface area contributed by atoms with Gasteiger partial charge < -0.3 is 19.4 Å². The molecule has 4 heterocycles. The molecule has 8 nitrogen and oxygen atoms in total. The van der Waals surface area contributed by atoms with Crippen LogP contribution in [-0.4, -0.2) is 96.2 Å². The number of hydrogen-bond acceptors (Lipinski definition) is 8. The van der Waals surface area contributed by atoms with Gasteiger partial charge in [0.15, 0.2) is 16.7 Å². The first-order chi connectivity index (χ1) is 18.6. The molecule has 3 aliphatic rings. The molecule has 1 amide bonds. The smallest absolute Gasteiger partial charge is 0.226 e. The Hall–Kier alpha value is -2.40. The van der Waals surface area contributed by atoms with Gasteiger partial charge in [0.1, 0.15) is 24.6 Å². The molecule has 3 fully saturated rings. The van der Waals surface area contributed by atoms with Crippen LogP contribution in [0.2, 0.25) is 0 Å². The number of alkyl halides is 1. The van der Waals surface area contributed by atoms with Gasteiger partial charge in [-0.05, 0) is 31.5 Å². The maximum atomic E-state index is 15.2. The van der Waals surface area contributed by atoms with E-state index in [1.165, 1.54) is 22.3 Å². The molecule has 3 aliphatic heterocycles. The number of ketones is 2. The number of anilines is 1. The van der Waals surface area contributed by atoms with Crippen molar-refractivity contribution in [3.05, 3.63) is 35.0 Å². The zero-order valence-electron chi connectivity index (χ0n) is 22.4. The average Bonchev–Trinajstić information content (AvgIpc) is 3.61. The Balaban J connectivity index is 1.29. The molecule has 0 unspecified atom stereocenters. The van der Waals surface area contributed by atoms with E-state index in [1.807, 2.05) is 19.2 Å². The zero-order chi connectivity index (χ0) is 27.8. The Labute approximate surface area is 237 Å². The minimum atomic E-state index is -0.699. The van der Waals surface area contributed by atoms with E-state index in [2.05, 4.69) is 21.8 Å². The van der Waals surface area contributed by atoms with Gasteiger partial charge in [-0.1, -0.05) is 19.9 Å². The Kier molecular flexibility index (Phi) is 8.37. The summed E-state index contributed by atoms with van der Waals surface area (Å²) in [5, 5.41) is 2.24. The van der Waals surface area contributed by atoms with Gasteiger partial charge in [-0.15, -0.1) is 22.9 Å². The number of thiazole rings is 1. The number of fused-ring (bicyclic) bond motifs is 1. The lowest BCUT2D eigenvalue weighted by Crippen LogP contribution is -2.45. The van der Waals surface area contributed by atoms with Crippen LogP contribution in [0.3, 0.4) is 0 Å². The van der Waals surface area contributed by atoms with Crippen LogP contribution in [0.25, 0.3) is 11.3 Å². The minimum absolute atomic E-state index is 0.0579. The van der Waals surface area contributed by atoms with Crippen molar-refractivity contribution in [3.63, 3.8) is 0 Å². The fourth-order valence-corrected chi connectivity index (χ4v) is 6.91. The Bertz CT molecular complexity index is 1250.